The molecule has 2 radical (unpaired) electrons. The Kier molecular flexibility index (Phi) is 2.65. The van der Waals surface area contributed by atoms with Crippen LogP contribution < -0.4 is 5.72 Å². The molecule has 0 atom stereocenters. The molecule has 1 aromatic heterocycles. The maximum atomic E-state index is 5.61. The minimum Gasteiger partial charge on any atom is -0.335 e. The lowest BCUT2D eigenvalue weighted by molar-refractivity contribution is 0.844. The molecule has 0 fully saturated rings. The van der Waals surface area contributed by atoms with E-state index in [4.69, 9.17) is 7.85 Å². The molecule has 0 aromatic carbocycles. The summed E-state index contributed by atoms with van der Waals surface area (Å²) in [7, 11) is 7.55. The van der Waals surface area contributed by atoms with Crippen molar-refractivity contribution in [3.8, 4) is 0 Å². The molecule has 2 nitrogen and oxygen atoms in total. The van der Waals surface area contributed by atoms with E-state index in [1.54, 1.807) is 11.8 Å². The first-order valence-electron chi connectivity index (χ1n) is 3.58. The van der Waals surface area contributed by atoms with Gasteiger partial charge >= 0.3 is 0 Å². The number of rotatable bonds is 2. The van der Waals surface area contributed by atoms with Crippen molar-refractivity contribution in [2.75, 3.05) is 5.75 Å². The largest absolute Gasteiger partial charge is 0.335 e. The zero-order valence-corrected chi connectivity index (χ0v) is 7.90. The molecule has 1 heterocycles. The van der Waals surface area contributed by atoms with Crippen LogP contribution in [0.2, 0.25) is 0 Å². The van der Waals surface area contributed by atoms with Crippen molar-refractivity contribution in [2.24, 2.45) is 7.05 Å². The molecule has 4 heteroatoms. The van der Waals surface area contributed by atoms with E-state index >= 15 is 0 Å². The molecule has 11 heavy (non-hydrogen) atoms. The van der Waals surface area contributed by atoms with Gasteiger partial charge in [-0.2, -0.15) is 0 Å². The third-order valence-corrected chi connectivity index (χ3v) is 2.65. The van der Waals surface area contributed by atoms with Gasteiger partial charge in [-0.15, -0.1) is 11.8 Å². The quantitative estimate of drug-likeness (QED) is 0.473. The van der Waals surface area contributed by atoms with Gasteiger partial charge in [-0.25, -0.2) is 4.98 Å². The lowest BCUT2D eigenvalue weighted by Gasteiger charge is -2.01. The minimum atomic E-state index is 0.596. The summed E-state index contributed by atoms with van der Waals surface area (Å²) in [6.45, 7) is 4.10. The first kappa shape index (κ1) is 8.72. The number of aromatic nitrogens is 2. The molecular weight excluding hydrogens is 155 g/mol. The average molecular weight is 166 g/mol. The normalized spacial score (nSPS) is 10.5. The fourth-order valence-corrected chi connectivity index (χ4v) is 1.79. The fourth-order valence-electron chi connectivity index (χ4n) is 0.979. The molecule has 0 unspecified atom stereocenters. The Morgan fingerprint density at radius 3 is 2.64 bits per heavy atom. The van der Waals surface area contributed by atoms with Crippen molar-refractivity contribution in [3.63, 3.8) is 0 Å². The monoisotopic (exact) mass is 166 g/mol. The molecule has 0 saturated heterocycles. The summed E-state index contributed by atoms with van der Waals surface area (Å²) < 4.78 is 1.92. The molecule has 0 amide bonds. The number of aryl methyl sites for hydroxylation is 1. The van der Waals surface area contributed by atoms with E-state index in [0.29, 0.717) is 5.72 Å². The highest BCUT2D eigenvalue weighted by molar-refractivity contribution is 7.99. The van der Waals surface area contributed by atoms with Crippen LogP contribution in [0.15, 0.2) is 5.03 Å². The van der Waals surface area contributed by atoms with Gasteiger partial charge in [0.05, 0.1) is 16.4 Å². The Hall–Kier alpha value is -0.375. The number of nitrogens with zero attached hydrogens (tertiary/aromatic N) is 2. The number of hydrogen-bond acceptors (Lipinski definition) is 2. The van der Waals surface area contributed by atoms with Crippen LogP contribution in [-0.4, -0.2) is 23.2 Å². The van der Waals surface area contributed by atoms with Gasteiger partial charge in [0.25, 0.3) is 0 Å². The lowest BCUT2D eigenvalue weighted by Crippen LogP contribution is -2.16. The van der Waals surface area contributed by atoms with Crippen molar-refractivity contribution < 1.29 is 0 Å². The van der Waals surface area contributed by atoms with Gasteiger partial charge in [0.1, 0.15) is 0 Å². The van der Waals surface area contributed by atoms with E-state index in [0.717, 1.165) is 11.4 Å². The van der Waals surface area contributed by atoms with Crippen LogP contribution in [0.5, 0.6) is 0 Å². The molecular formula is C7H11BN2S. The van der Waals surface area contributed by atoms with Crippen LogP contribution in [-0.2, 0) is 7.05 Å². The van der Waals surface area contributed by atoms with E-state index in [-0.39, 0.29) is 0 Å². The second-order valence-electron chi connectivity index (χ2n) is 2.35. The Bertz CT molecular complexity index is 257. The highest BCUT2D eigenvalue weighted by Gasteiger charge is 2.06. The summed E-state index contributed by atoms with van der Waals surface area (Å²) in [6.07, 6.45) is 0. The zero-order valence-electron chi connectivity index (χ0n) is 7.09. The molecule has 0 aliphatic rings. The maximum Gasteiger partial charge on any atom is 0.167 e. The van der Waals surface area contributed by atoms with Crippen LogP contribution in [0.1, 0.15) is 12.6 Å². The van der Waals surface area contributed by atoms with Crippen molar-refractivity contribution in [3.05, 3.63) is 5.69 Å². The third kappa shape index (κ3) is 1.61. The summed E-state index contributed by atoms with van der Waals surface area (Å²) in [6, 6.07) is 0. The Morgan fingerprint density at radius 1 is 1.64 bits per heavy atom. The van der Waals surface area contributed by atoms with Gasteiger partial charge in [0, 0.05) is 7.05 Å². The third-order valence-electron chi connectivity index (χ3n) is 1.52. The second-order valence-corrected chi connectivity index (χ2v) is 3.61. The van der Waals surface area contributed by atoms with Crippen LogP contribution in [0, 0.1) is 6.92 Å². The van der Waals surface area contributed by atoms with Crippen LogP contribution in [0.4, 0.5) is 0 Å². The molecule has 0 aliphatic carbocycles. The molecule has 58 valence electrons. The highest BCUT2D eigenvalue weighted by atomic mass is 32.2. The number of thioether (sulfide) groups is 1. The van der Waals surface area contributed by atoms with Crippen LogP contribution in [0.25, 0.3) is 0 Å². The zero-order chi connectivity index (χ0) is 8.43. The van der Waals surface area contributed by atoms with Crippen molar-refractivity contribution >= 4 is 25.3 Å². The topological polar surface area (TPSA) is 17.8 Å². The van der Waals surface area contributed by atoms with Crippen molar-refractivity contribution in [1.82, 2.24) is 9.55 Å². The lowest BCUT2D eigenvalue weighted by atomic mass is 10.1. The summed E-state index contributed by atoms with van der Waals surface area (Å²) >= 11 is 1.77. The van der Waals surface area contributed by atoms with Crippen molar-refractivity contribution in [2.45, 2.75) is 18.9 Å². The summed E-state index contributed by atoms with van der Waals surface area (Å²) in [5, 5.41) is 1.17. The Morgan fingerprint density at radius 2 is 2.27 bits per heavy atom. The first-order chi connectivity index (χ1) is 5.16. The molecule has 0 spiro atoms. The van der Waals surface area contributed by atoms with E-state index < -0.39 is 0 Å². The van der Waals surface area contributed by atoms with E-state index in [1.807, 2.05) is 18.5 Å². The van der Waals surface area contributed by atoms with Gasteiger partial charge in [0.2, 0.25) is 0 Å². The minimum absolute atomic E-state index is 0.596. The highest BCUT2D eigenvalue weighted by Crippen LogP contribution is 2.18. The van der Waals surface area contributed by atoms with Gasteiger partial charge < -0.3 is 4.57 Å². The molecule has 1 rings (SSSR count). The van der Waals surface area contributed by atoms with E-state index in [2.05, 4.69) is 11.9 Å². The SMILES string of the molecule is [B]c1nc(C)c(SCC)n1C. The second kappa shape index (κ2) is 3.35. The van der Waals surface area contributed by atoms with Gasteiger partial charge in [-0.3, -0.25) is 0 Å². The van der Waals surface area contributed by atoms with Crippen LogP contribution in [0.3, 0.4) is 0 Å². The maximum absolute atomic E-state index is 5.61. The molecule has 0 bridgehead atoms. The van der Waals surface area contributed by atoms with Crippen molar-refractivity contribution in [1.29, 1.82) is 0 Å². The molecule has 0 aliphatic heterocycles. The van der Waals surface area contributed by atoms with Gasteiger partial charge in [-0.1, -0.05) is 6.92 Å². The van der Waals surface area contributed by atoms with Gasteiger partial charge in [-0.05, 0) is 12.7 Å². The average Bonchev–Trinajstić information content (AvgIpc) is 2.17. The smallest absolute Gasteiger partial charge is 0.167 e. The molecule has 0 N–H and O–H groups in total. The Balaban J connectivity index is 3.02. The summed E-state index contributed by atoms with van der Waals surface area (Å²) in [5.41, 5.74) is 1.62. The predicted molar refractivity (Wildman–Crippen MR) is 49.7 cm³/mol. The van der Waals surface area contributed by atoms with Crippen LogP contribution >= 0.6 is 11.8 Å². The Labute approximate surface area is 72.8 Å². The standard InChI is InChI=1S/C7H11BN2S/c1-4-11-6-5(2)9-7(8)10(6)3/h4H2,1-3H3. The number of imidazole rings is 1. The van der Waals surface area contributed by atoms with E-state index in [9.17, 15) is 0 Å². The predicted octanol–water partition coefficient (Wildman–Crippen LogP) is 0.634. The summed E-state index contributed by atoms with van der Waals surface area (Å²) in [4.78, 5) is 4.15. The fraction of sp³-hybridized carbons (Fsp3) is 0.571. The first-order valence-corrected chi connectivity index (χ1v) is 4.57. The summed E-state index contributed by atoms with van der Waals surface area (Å²) in [5.74, 6) is 1.06. The molecule has 1 aromatic rings. The molecule has 0 saturated carbocycles. The van der Waals surface area contributed by atoms with Gasteiger partial charge in [0.15, 0.2) is 7.85 Å². The van der Waals surface area contributed by atoms with E-state index in [1.165, 1.54) is 5.03 Å². The number of hydrogen-bond donors (Lipinski definition) is 0.